The third-order valence-electron chi connectivity index (χ3n) is 2.57. The van der Waals surface area contributed by atoms with Gasteiger partial charge in [-0.05, 0) is 39.4 Å². The van der Waals surface area contributed by atoms with Crippen LogP contribution in [0.5, 0.6) is 0 Å². The zero-order valence-corrected chi connectivity index (χ0v) is 9.82. The fraction of sp³-hybridized carbons (Fsp3) is 0.727. The molecule has 0 radical (unpaired) electrons. The van der Waals surface area contributed by atoms with Gasteiger partial charge in [-0.15, -0.1) is 0 Å². The van der Waals surface area contributed by atoms with Gasteiger partial charge in [0, 0.05) is 12.7 Å². The molecule has 1 heterocycles. The lowest BCUT2D eigenvalue weighted by atomic mass is 9.98. The van der Waals surface area contributed by atoms with Crippen LogP contribution in [-0.4, -0.2) is 28.5 Å². The number of hydrogen-bond acceptors (Lipinski definition) is 3. The lowest BCUT2D eigenvalue weighted by Crippen LogP contribution is -2.29. The van der Waals surface area contributed by atoms with Crippen molar-refractivity contribution in [1.29, 1.82) is 0 Å². The summed E-state index contributed by atoms with van der Waals surface area (Å²) in [6.07, 6.45) is 3.47. The van der Waals surface area contributed by atoms with Crippen molar-refractivity contribution in [2.45, 2.75) is 38.8 Å². The van der Waals surface area contributed by atoms with Crippen LogP contribution in [0.2, 0.25) is 0 Å². The molecule has 0 aliphatic heterocycles. The van der Waals surface area contributed by atoms with Crippen molar-refractivity contribution in [3.05, 3.63) is 18.0 Å². The molecule has 0 saturated carbocycles. The summed E-state index contributed by atoms with van der Waals surface area (Å²) in [6, 6.07) is 1.89. The number of aryl methyl sites for hydroxylation is 1. The second kappa shape index (κ2) is 5.28. The zero-order chi connectivity index (χ0) is 11.3. The van der Waals surface area contributed by atoms with Gasteiger partial charge in [-0.2, -0.15) is 5.10 Å². The molecule has 0 aliphatic rings. The molecule has 0 bridgehead atoms. The van der Waals surface area contributed by atoms with Crippen molar-refractivity contribution in [2.75, 3.05) is 13.6 Å². The van der Waals surface area contributed by atoms with Gasteiger partial charge < -0.3 is 10.4 Å². The van der Waals surface area contributed by atoms with E-state index < -0.39 is 5.60 Å². The maximum absolute atomic E-state index is 10.3. The fourth-order valence-corrected chi connectivity index (χ4v) is 1.68. The van der Waals surface area contributed by atoms with Crippen LogP contribution in [0.25, 0.3) is 0 Å². The predicted molar refractivity (Wildman–Crippen MR) is 60.6 cm³/mol. The highest BCUT2D eigenvalue weighted by Gasteiger charge is 2.26. The van der Waals surface area contributed by atoms with Crippen LogP contribution in [0, 0.1) is 0 Å². The summed E-state index contributed by atoms with van der Waals surface area (Å²) >= 11 is 0. The van der Waals surface area contributed by atoms with E-state index in [1.165, 1.54) is 0 Å². The standard InChI is InChI=1S/C11H21N3O/c1-4-9-14-10(5-7-13-14)11(2,15)6-8-12-3/h5,7,12,15H,4,6,8-9H2,1-3H3. The third kappa shape index (κ3) is 3.04. The Balaban J connectivity index is 2.78. The minimum atomic E-state index is -0.797. The number of rotatable bonds is 6. The number of aromatic nitrogens is 2. The van der Waals surface area contributed by atoms with Crippen LogP contribution in [0.15, 0.2) is 12.3 Å². The average Bonchev–Trinajstić information content (AvgIpc) is 2.64. The first-order valence-corrected chi connectivity index (χ1v) is 5.51. The smallest absolute Gasteiger partial charge is 0.105 e. The molecule has 4 nitrogen and oxygen atoms in total. The van der Waals surface area contributed by atoms with E-state index in [2.05, 4.69) is 17.3 Å². The summed E-state index contributed by atoms with van der Waals surface area (Å²) in [5, 5.41) is 17.6. The summed E-state index contributed by atoms with van der Waals surface area (Å²) < 4.78 is 1.88. The van der Waals surface area contributed by atoms with Gasteiger partial charge >= 0.3 is 0 Å². The maximum atomic E-state index is 10.3. The molecule has 0 aromatic carbocycles. The molecule has 15 heavy (non-hydrogen) atoms. The van der Waals surface area contributed by atoms with Gasteiger partial charge in [-0.3, -0.25) is 4.68 Å². The van der Waals surface area contributed by atoms with E-state index >= 15 is 0 Å². The number of nitrogens with one attached hydrogen (secondary N) is 1. The molecule has 0 fully saturated rings. The Bertz CT molecular complexity index is 294. The summed E-state index contributed by atoms with van der Waals surface area (Å²) in [5.74, 6) is 0. The molecule has 0 amide bonds. The van der Waals surface area contributed by atoms with Crippen molar-refractivity contribution < 1.29 is 5.11 Å². The predicted octanol–water partition coefficient (Wildman–Crippen LogP) is 1.11. The van der Waals surface area contributed by atoms with E-state index in [0.29, 0.717) is 6.42 Å². The average molecular weight is 211 g/mol. The van der Waals surface area contributed by atoms with Crippen molar-refractivity contribution in [1.82, 2.24) is 15.1 Å². The largest absolute Gasteiger partial charge is 0.384 e. The Morgan fingerprint density at radius 3 is 2.93 bits per heavy atom. The monoisotopic (exact) mass is 211 g/mol. The molecule has 1 atom stereocenters. The lowest BCUT2D eigenvalue weighted by molar-refractivity contribution is 0.0390. The Hall–Kier alpha value is -0.870. The highest BCUT2D eigenvalue weighted by atomic mass is 16.3. The van der Waals surface area contributed by atoms with Crippen molar-refractivity contribution >= 4 is 0 Å². The highest BCUT2D eigenvalue weighted by molar-refractivity contribution is 5.10. The number of nitrogens with zero attached hydrogens (tertiary/aromatic N) is 2. The SMILES string of the molecule is CCCn1nccc1C(C)(O)CCNC. The van der Waals surface area contributed by atoms with Crippen LogP contribution in [-0.2, 0) is 12.1 Å². The molecule has 4 heteroatoms. The summed E-state index contributed by atoms with van der Waals surface area (Å²) in [6.45, 7) is 5.60. The van der Waals surface area contributed by atoms with E-state index in [1.807, 2.05) is 24.7 Å². The molecule has 0 aliphatic carbocycles. The molecule has 86 valence electrons. The van der Waals surface area contributed by atoms with Gasteiger partial charge in [0.1, 0.15) is 5.60 Å². The summed E-state index contributed by atoms with van der Waals surface area (Å²) in [4.78, 5) is 0. The highest BCUT2D eigenvalue weighted by Crippen LogP contribution is 2.23. The lowest BCUT2D eigenvalue weighted by Gasteiger charge is -2.24. The minimum Gasteiger partial charge on any atom is -0.384 e. The van der Waals surface area contributed by atoms with Crippen LogP contribution >= 0.6 is 0 Å². The molecule has 1 rings (SSSR count). The van der Waals surface area contributed by atoms with Gasteiger partial charge in [0.15, 0.2) is 0 Å². The maximum Gasteiger partial charge on any atom is 0.105 e. The number of aliphatic hydroxyl groups is 1. The minimum absolute atomic E-state index is 0.693. The van der Waals surface area contributed by atoms with Crippen molar-refractivity contribution in [3.8, 4) is 0 Å². The Morgan fingerprint density at radius 2 is 2.33 bits per heavy atom. The molecule has 2 N–H and O–H groups in total. The van der Waals surface area contributed by atoms with Gasteiger partial charge in [0.2, 0.25) is 0 Å². The summed E-state index contributed by atoms with van der Waals surface area (Å²) in [7, 11) is 1.89. The molecule has 1 aromatic heterocycles. The van der Waals surface area contributed by atoms with E-state index in [1.54, 1.807) is 6.20 Å². The van der Waals surface area contributed by atoms with Gasteiger partial charge in [-0.1, -0.05) is 6.92 Å². The van der Waals surface area contributed by atoms with Crippen LogP contribution in [0.3, 0.4) is 0 Å². The molecule has 1 unspecified atom stereocenters. The second-order valence-electron chi connectivity index (χ2n) is 4.07. The number of hydrogen-bond donors (Lipinski definition) is 2. The first kappa shape index (κ1) is 12.2. The molecule has 0 spiro atoms. The first-order valence-electron chi connectivity index (χ1n) is 5.51. The molecular weight excluding hydrogens is 190 g/mol. The molecular formula is C11H21N3O. The van der Waals surface area contributed by atoms with Crippen LogP contribution < -0.4 is 5.32 Å². The topological polar surface area (TPSA) is 50.1 Å². The van der Waals surface area contributed by atoms with Crippen molar-refractivity contribution in [3.63, 3.8) is 0 Å². The van der Waals surface area contributed by atoms with Crippen LogP contribution in [0.1, 0.15) is 32.4 Å². The van der Waals surface area contributed by atoms with Gasteiger partial charge in [0.05, 0.1) is 5.69 Å². The zero-order valence-electron chi connectivity index (χ0n) is 9.82. The van der Waals surface area contributed by atoms with Crippen LogP contribution in [0.4, 0.5) is 0 Å². The molecule has 0 saturated heterocycles. The van der Waals surface area contributed by atoms with Gasteiger partial charge in [0.25, 0.3) is 0 Å². The van der Waals surface area contributed by atoms with E-state index in [-0.39, 0.29) is 0 Å². The van der Waals surface area contributed by atoms with Gasteiger partial charge in [-0.25, -0.2) is 0 Å². The van der Waals surface area contributed by atoms with E-state index in [9.17, 15) is 5.11 Å². The van der Waals surface area contributed by atoms with E-state index in [0.717, 1.165) is 25.2 Å². The Labute approximate surface area is 91.3 Å². The third-order valence-corrected chi connectivity index (χ3v) is 2.57. The fourth-order valence-electron chi connectivity index (χ4n) is 1.68. The normalized spacial score (nSPS) is 15.2. The Morgan fingerprint density at radius 1 is 1.60 bits per heavy atom. The van der Waals surface area contributed by atoms with Crippen molar-refractivity contribution in [2.24, 2.45) is 0 Å². The molecule has 1 aromatic rings. The van der Waals surface area contributed by atoms with E-state index in [4.69, 9.17) is 0 Å². The first-order chi connectivity index (χ1) is 7.11. The quantitative estimate of drug-likeness (QED) is 0.741. The Kier molecular flexibility index (Phi) is 4.29. The summed E-state index contributed by atoms with van der Waals surface area (Å²) in [5.41, 5.74) is 0.105. The second-order valence-corrected chi connectivity index (χ2v) is 4.07.